The van der Waals surface area contributed by atoms with Crippen LogP contribution in [0, 0.1) is 29.6 Å². The molecule has 1 aromatic carbocycles. The molecule has 0 saturated carbocycles. The standard InChI is InChI=1S/C48H56N4O14S2/c1-23(2)49-32-22-63-37(21-36(32)60-4)66-45-44(57)38(43(56)42-41-29(19-31(51-42)46(58)61-5)28-18-25(53)14-15-30(28)50-41)24(3)64-47(45)65-35-13-11-9-8-10-12-27-39(35)26(16-17-68(7)67)33(54)20-34(55)40(27)52-48(59)62-6/h8-9,14-16,18-19,23-24,32-33,35-38,40,43-45,47,49-50,53-54,56-57H,17,20-22H2,1-7H3,(H,52,59)/b9-8-,26-16-/t24?,32?,33-,35-,36?,37?,38?,40?,43?,44?,45?,47?,68?/m0/s1. The quantitative estimate of drug-likeness (QED) is 0.0960. The first-order valence-electron chi connectivity index (χ1n) is 22.0. The number of aliphatic hydroxyl groups excluding tert-OH is 3. The van der Waals surface area contributed by atoms with Crippen molar-refractivity contribution >= 4 is 60.3 Å². The fraction of sp³-hybridized carbons (Fsp3) is 0.500. The highest BCUT2D eigenvalue weighted by molar-refractivity contribution is 8.28. The van der Waals surface area contributed by atoms with Gasteiger partial charge in [-0.05, 0) is 55.2 Å². The first-order valence-corrected chi connectivity index (χ1v) is 24.7. The van der Waals surface area contributed by atoms with E-state index in [0.29, 0.717) is 27.6 Å². The van der Waals surface area contributed by atoms with Gasteiger partial charge >= 0.3 is 12.1 Å². The van der Waals surface area contributed by atoms with Crippen molar-refractivity contribution in [3.8, 4) is 29.4 Å². The third kappa shape index (κ3) is 11.0. The minimum atomic E-state index is -1.65. The summed E-state index contributed by atoms with van der Waals surface area (Å²) in [6.45, 7) is 5.79. The van der Waals surface area contributed by atoms with E-state index in [1.165, 1.54) is 37.5 Å². The second-order valence-electron chi connectivity index (χ2n) is 17.1. The van der Waals surface area contributed by atoms with Crippen LogP contribution in [0.4, 0.5) is 4.79 Å². The monoisotopic (exact) mass is 976 g/mol. The number of rotatable bonds is 13. The molecule has 4 aliphatic rings. The van der Waals surface area contributed by atoms with Gasteiger partial charge in [-0.25, -0.2) is 14.6 Å². The van der Waals surface area contributed by atoms with Gasteiger partial charge in [-0.15, -0.1) is 9.45 Å². The van der Waals surface area contributed by atoms with Gasteiger partial charge in [-0.3, -0.25) is 4.79 Å². The number of H-pyrrole nitrogens is 1. The number of carbonyl (C=O) groups excluding carboxylic acids is 3. The van der Waals surface area contributed by atoms with Crippen molar-refractivity contribution in [1.82, 2.24) is 20.6 Å². The molecule has 0 bridgehead atoms. The van der Waals surface area contributed by atoms with Crippen LogP contribution in [0.2, 0.25) is 0 Å². The lowest BCUT2D eigenvalue weighted by Crippen LogP contribution is -2.60. The van der Waals surface area contributed by atoms with Crippen LogP contribution in [-0.4, -0.2) is 156 Å². The number of phenols is 1. The molecule has 1 amide bonds. The van der Waals surface area contributed by atoms with Crippen LogP contribution >= 0.6 is 0 Å². The highest BCUT2D eigenvalue weighted by Crippen LogP contribution is 2.42. The number of benzene rings is 1. The topological polar surface area (TPSA) is 249 Å². The molecule has 18 nitrogen and oxygen atoms in total. The van der Waals surface area contributed by atoms with Gasteiger partial charge < -0.3 is 69.2 Å². The van der Waals surface area contributed by atoms with Crippen LogP contribution in [0.3, 0.4) is 0 Å². The average Bonchev–Trinajstić information content (AvgIpc) is 3.67. The van der Waals surface area contributed by atoms with E-state index in [4.69, 9.17) is 44.3 Å². The van der Waals surface area contributed by atoms with Crippen molar-refractivity contribution in [2.24, 2.45) is 5.92 Å². The number of methoxy groups -OCH3 is 3. The number of aliphatic hydroxyl groups is 3. The van der Waals surface area contributed by atoms with Gasteiger partial charge in [0.25, 0.3) is 0 Å². The Bertz CT molecular complexity index is 2660. The number of esters is 1. The number of carbonyl (C=O) groups is 3. The molecule has 2 aliphatic carbocycles. The van der Waals surface area contributed by atoms with Gasteiger partial charge in [0.05, 0.1) is 62.5 Å². The highest BCUT2D eigenvalue weighted by Gasteiger charge is 2.52. The van der Waals surface area contributed by atoms with Crippen LogP contribution in [0.15, 0.2) is 59.2 Å². The van der Waals surface area contributed by atoms with Crippen LogP contribution in [0.5, 0.6) is 5.75 Å². The molecule has 7 N–H and O–H groups in total. The number of allylic oxidation sites excluding steroid dienone is 2. The number of phenolic OH excluding ortho intramolecular Hbond substituents is 1. The van der Waals surface area contributed by atoms with E-state index in [0.717, 1.165) is 7.11 Å². The van der Waals surface area contributed by atoms with Gasteiger partial charge in [0.15, 0.2) is 18.4 Å². The number of fused-ring (bicyclic) bond motifs is 3. The number of alkyl carbamates (subject to hydrolysis) is 1. The Morgan fingerprint density at radius 2 is 1.87 bits per heavy atom. The Morgan fingerprint density at radius 3 is 2.57 bits per heavy atom. The lowest BCUT2D eigenvalue weighted by atomic mass is 9.83. The molecule has 68 heavy (non-hydrogen) atoms. The summed E-state index contributed by atoms with van der Waals surface area (Å²) in [4.78, 5) is 47.5. The Kier molecular flexibility index (Phi) is 16.5. The molecule has 13 atom stereocenters. The Balaban J connectivity index is 1.34. The lowest BCUT2D eigenvalue weighted by molar-refractivity contribution is -0.338. The zero-order valence-electron chi connectivity index (χ0n) is 38.5. The largest absolute Gasteiger partial charge is 0.508 e. The summed E-state index contributed by atoms with van der Waals surface area (Å²) in [7, 11) is 3.34. The summed E-state index contributed by atoms with van der Waals surface area (Å²) in [6.07, 6.45) is -6.17. The molecule has 0 radical (unpaired) electrons. The van der Waals surface area contributed by atoms with E-state index in [-0.39, 0.29) is 65.1 Å². The van der Waals surface area contributed by atoms with Crippen molar-refractivity contribution in [3.63, 3.8) is 0 Å². The number of pyridine rings is 1. The summed E-state index contributed by atoms with van der Waals surface area (Å²) in [5, 5.41) is 54.4. The number of ketones is 1. The van der Waals surface area contributed by atoms with Gasteiger partial charge in [0.2, 0.25) is 0 Å². The number of amides is 1. The van der Waals surface area contributed by atoms with Crippen LogP contribution in [0.25, 0.3) is 21.8 Å². The molecule has 364 valence electrons. The number of nitrogens with zero attached hydrogens (tertiary/aromatic N) is 1. The molecular weight excluding hydrogens is 921 g/mol. The van der Waals surface area contributed by atoms with Crippen molar-refractivity contribution in [3.05, 3.63) is 70.6 Å². The van der Waals surface area contributed by atoms with Gasteiger partial charge in [-0.2, -0.15) is 0 Å². The number of nitrogens with one attached hydrogen (secondary N) is 3. The van der Waals surface area contributed by atoms with E-state index in [2.05, 4.69) is 44.3 Å². The molecule has 0 spiro atoms. The summed E-state index contributed by atoms with van der Waals surface area (Å²) in [5.41, 5.74) is 1.19. The van der Waals surface area contributed by atoms with Crippen molar-refractivity contribution in [1.29, 1.82) is 0 Å². The summed E-state index contributed by atoms with van der Waals surface area (Å²) in [6, 6.07) is 4.63. The Hall–Kier alpha value is -5.07. The van der Waals surface area contributed by atoms with E-state index in [1.807, 2.05) is 20.1 Å². The molecule has 2 fully saturated rings. The first-order chi connectivity index (χ1) is 32.5. The summed E-state index contributed by atoms with van der Waals surface area (Å²) in [5.74, 6) is 9.54. The molecular formula is C48H56N4O14S2. The fourth-order valence-electron chi connectivity index (χ4n) is 9.02. The number of hydrogen-bond donors (Lipinski definition) is 7. The Morgan fingerprint density at radius 1 is 1.10 bits per heavy atom. The molecule has 2 aliphatic heterocycles. The van der Waals surface area contributed by atoms with Gasteiger partial charge in [0.1, 0.15) is 35.8 Å². The van der Waals surface area contributed by atoms with Crippen LogP contribution < -0.4 is 10.6 Å². The fourth-order valence-corrected chi connectivity index (χ4v) is 9.64. The molecule has 2 saturated heterocycles. The van der Waals surface area contributed by atoms with E-state index >= 15 is 0 Å². The third-order valence-electron chi connectivity index (χ3n) is 12.2. The molecule has 11 unspecified atom stereocenters. The second kappa shape index (κ2) is 22.1. The minimum absolute atomic E-state index is 0.0258. The first kappa shape index (κ1) is 50.8. The second-order valence-corrected chi connectivity index (χ2v) is 20.3. The smallest absolute Gasteiger partial charge is 0.407 e. The normalized spacial score (nSPS) is 30.4. The number of Topliss-reactive ketones (excluding diaryl/α,β-unsaturated/α-hetero) is 1. The molecule has 20 heteroatoms. The zero-order valence-corrected chi connectivity index (χ0v) is 40.1. The molecule has 3 aromatic rings. The van der Waals surface area contributed by atoms with Gasteiger partial charge in [-0.1, -0.05) is 54.8 Å². The van der Waals surface area contributed by atoms with Crippen LogP contribution in [-0.2, 0) is 58.6 Å². The molecule has 4 heterocycles. The van der Waals surface area contributed by atoms with Crippen molar-refractivity contribution in [2.75, 3.05) is 39.9 Å². The van der Waals surface area contributed by atoms with Gasteiger partial charge in [0, 0.05) is 65.1 Å². The average molecular weight is 977 g/mol. The maximum atomic E-state index is 13.9. The number of hydrogen-bond acceptors (Lipinski definition) is 17. The van der Waals surface area contributed by atoms with Crippen molar-refractivity contribution in [2.45, 2.75) is 107 Å². The predicted octanol–water partition coefficient (Wildman–Crippen LogP) is 2.43. The van der Waals surface area contributed by atoms with Crippen molar-refractivity contribution < 1.29 is 68.0 Å². The third-order valence-corrected chi connectivity index (χ3v) is 13.2. The van der Waals surface area contributed by atoms with Crippen LogP contribution in [0.1, 0.15) is 55.9 Å². The highest BCUT2D eigenvalue weighted by atomic mass is 32.8. The maximum Gasteiger partial charge on any atom is 0.407 e. The zero-order chi connectivity index (χ0) is 49.0. The summed E-state index contributed by atoms with van der Waals surface area (Å²) >= 11 is 5.52. The lowest BCUT2D eigenvalue weighted by Gasteiger charge is -2.47. The SMILES string of the molecule is COC(=O)NC1C(=O)C[C@H](O)/C(=C/CS(C)=S)C2=C1C#C/C=C\C#C[C@@H]2OC1OC(C)C(C(O)c2nc(C(=O)OC)cc3c2[nH]c2ccc(O)cc23)C(O)C1OC1CC(OC)C(NC(C)C)CO1. The number of ether oxygens (including phenoxy) is 7. The molecule has 7 rings (SSSR count). The van der Waals surface area contributed by atoms with E-state index < -0.39 is 94.9 Å². The van der Waals surface area contributed by atoms with E-state index in [9.17, 15) is 34.8 Å². The number of aromatic nitrogens is 2. The number of aromatic hydroxyl groups is 1. The Labute approximate surface area is 400 Å². The summed E-state index contributed by atoms with van der Waals surface area (Å²) < 4.78 is 42.2. The molecule has 2 aromatic heterocycles. The number of aromatic amines is 1. The minimum Gasteiger partial charge on any atom is -0.508 e. The maximum absolute atomic E-state index is 13.9. The predicted molar refractivity (Wildman–Crippen MR) is 253 cm³/mol. The van der Waals surface area contributed by atoms with E-state index in [1.54, 1.807) is 26.2 Å².